The number of rotatable bonds is 7. The van der Waals surface area contributed by atoms with Crippen LogP contribution in [0.5, 0.6) is 0 Å². The molecule has 7 nitrogen and oxygen atoms in total. The van der Waals surface area contributed by atoms with Crippen molar-refractivity contribution in [1.82, 2.24) is 9.80 Å². The van der Waals surface area contributed by atoms with Gasteiger partial charge in [-0.25, -0.2) is 4.79 Å². The van der Waals surface area contributed by atoms with Crippen LogP contribution in [-0.2, 0) is 22.6 Å². The molecule has 4 rings (SSSR count). The van der Waals surface area contributed by atoms with E-state index >= 15 is 0 Å². The zero-order chi connectivity index (χ0) is 23.4. The van der Waals surface area contributed by atoms with Crippen LogP contribution in [0, 0.1) is 0 Å². The maximum absolute atomic E-state index is 12.5. The molecule has 3 amide bonds. The molecule has 0 saturated carbocycles. The summed E-state index contributed by atoms with van der Waals surface area (Å²) in [6.07, 6.45) is 0. The number of carbonyl (C=O) groups excluding carboxylic acids is 4. The van der Waals surface area contributed by atoms with Crippen molar-refractivity contribution in [1.29, 1.82) is 0 Å². The first-order chi connectivity index (χ1) is 15.9. The lowest BCUT2D eigenvalue weighted by atomic mass is 10.1. The van der Waals surface area contributed by atoms with E-state index in [0.29, 0.717) is 23.2 Å². The number of likely N-dealkylation sites (N-methyl/N-ethyl adjacent to an activating group) is 1. The standard InChI is InChI=1S/C26H22N2O5/c1-27(15-18-7-3-2-4-8-18)23(29)17-33-26(32)20-13-11-19(12-14-20)16-28-24(30)21-9-5-6-10-22(21)25(28)31/h2-14H,15-17H2,1H3. The number of nitrogens with zero attached hydrogens (tertiary/aromatic N) is 2. The smallest absolute Gasteiger partial charge is 0.338 e. The normalized spacial score (nSPS) is 12.5. The first-order valence-electron chi connectivity index (χ1n) is 10.4. The zero-order valence-electron chi connectivity index (χ0n) is 18.1. The van der Waals surface area contributed by atoms with Crippen LogP contribution in [0.3, 0.4) is 0 Å². The lowest BCUT2D eigenvalue weighted by molar-refractivity contribution is -0.133. The molecule has 7 heteroatoms. The van der Waals surface area contributed by atoms with Crippen molar-refractivity contribution in [3.05, 3.63) is 107 Å². The Morgan fingerprint density at radius 2 is 1.36 bits per heavy atom. The molecule has 166 valence electrons. The van der Waals surface area contributed by atoms with E-state index in [1.54, 1.807) is 55.6 Å². The Hall–Kier alpha value is -4.26. The molecule has 1 aliphatic rings. The maximum Gasteiger partial charge on any atom is 0.338 e. The van der Waals surface area contributed by atoms with Crippen molar-refractivity contribution >= 4 is 23.7 Å². The predicted molar refractivity (Wildman–Crippen MR) is 120 cm³/mol. The molecule has 0 atom stereocenters. The Morgan fingerprint density at radius 3 is 1.97 bits per heavy atom. The van der Waals surface area contributed by atoms with Gasteiger partial charge in [-0.1, -0.05) is 54.6 Å². The van der Waals surface area contributed by atoms with E-state index < -0.39 is 5.97 Å². The second-order valence-corrected chi connectivity index (χ2v) is 7.75. The lowest BCUT2D eigenvalue weighted by Gasteiger charge is -2.17. The molecular formula is C26H22N2O5. The molecule has 0 spiro atoms. The molecule has 0 radical (unpaired) electrons. The number of hydrogen-bond donors (Lipinski definition) is 0. The van der Waals surface area contributed by atoms with Crippen LogP contribution < -0.4 is 0 Å². The summed E-state index contributed by atoms with van der Waals surface area (Å²) < 4.78 is 5.15. The van der Waals surface area contributed by atoms with Gasteiger partial charge < -0.3 is 9.64 Å². The summed E-state index contributed by atoms with van der Waals surface area (Å²) in [5.41, 5.74) is 2.74. The van der Waals surface area contributed by atoms with Crippen molar-refractivity contribution in [3.8, 4) is 0 Å². The first kappa shape index (κ1) is 22.0. The van der Waals surface area contributed by atoms with Gasteiger partial charge >= 0.3 is 5.97 Å². The second kappa shape index (κ2) is 9.48. The van der Waals surface area contributed by atoms with E-state index in [2.05, 4.69) is 0 Å². The number of fused-ring (bicyclic) bond motifs is 1. The van der Waals surface area contributed by atoms with Crippen molar-refractivity contribution in [2.24, 2.45) is 0 Å². The molecule has 0 bridgehead atoms. The van der Waals surface area contributed by atoms with Crippen molar-refractivity contribution in [3.63, 3.8) is 0 Å². The molecule has 1 heterocycles. The highest BCUT2D eigenvalue weighted by atomic mass is 16.5. The van der Waals surface area contributed by atoms with Crippen LogP contribution in [0.25, 0.3) is 0 Å². The third kappa shape index (κ3) is 4.82. The summed E-state index contributed by atoms with van der Waals surface area (Å²) in [6, 6.07) is 22.6. The quantitative estimate of drug-likeness (QED) is 0.414. The summed E-state index contributed by atoms with van der Waals surface area (Å²) in [4.78, 5) is 52.3. The highest BCUT2D eigenvalue weighted by Crippen LogP contribution is 2.24. The van der Waals surface area contributed by atoms with E-state index in [-0.39, 0.29) is 36.4 Å². The van der Waals surface area contributed by atoms with Gasteiger partial charge in [-0.15, -0.1) is 0 Å². The minimum Gasteiger partial charge on any atom is -0.452 e. The molecule has 0 fully saturated rings. The van der Waals surface area contributed by atoms with Crippen LogP contribution >= 0.6 is 0 Å². The fourth-order valence-electron chi connectivity index (χ4n) is 3.58. The molecule has 0 aliphatic carbocycles. The maximum atomic E-state index is 12.5. The molecule has 1 aliphatic heterocycles. The molecule has 33 heavy (non-hydrogen) atoms. The third-order valence-electron chi connectivity index (χ3n) is 5.42. The van der Waals surface area contributed by atoms with Gasteiger partial charge in [-0.3, -0.25) is 19.3 Å². The van der Waals surface area contributed by atoms with Crippen molar-refractivity contribution in [2.45, 2.75) is 13.1 Å². The summed E-state index contributed by atoms with van der Waals surface area (Å²) in [7, 11) is 1.65. The topological polar surface area (TPSA) is 84.0 Å². The van der Waals surface area contributed by atoms with E-state index in [9.17, 15) is 19.2 Å². The Bertz CT molecular complexity index is 1170. The Kier molecular flexibility index (Phi) is 6.31. The van der Waals surface area contributed by atoms with E-state index in [4.69, 9.17) is 4.74 Å². The molecule has 0 aromatic heterocycles. The average Bonchev–Trinajstić information content (AvgIpc) is 3.08. The van der Waals surface area contributed by atoms with Gasteiger partial charge in [-0.05, 0) is 35.4 Å². The predicted octanol–water partition coefficient (Wildman–Crippen LogP) is 3.30. The number of benzene rings is 3. The monoisotopic (exact) mass is 442 g/mol. The summed E-state index contributed by atoms with van der Waals surface area (Å²) >= 11 is 0. The summed E-state index contributed by atoms with van der Waals surface area (Å²) in [5, 5.41) is 0. The number of carbonyl (C=O) groups is 4. The molecular weight excluding hydrogens is 420 g/mol. The highest BCUT2D eigenvalue weighted by Gasteiger charge is 2.34. The summed E-state index contributed by atoms with van der Waals surface area (Å²) in [6.45, 7) is 0.160. The largest absolute Gasteiger partial charge is 0.452 e. The number of esters is 1. The average molecular weight is 442 g/mol. The summed E-state index contributed by atoms with van der Waals surface area (Å²) in [5.74, 6) is -1.60. The molecule has 3 aromatic carbocycles. The SMILES string of the molecule is CN(Cc1ccccc1)C(=O)COC(=O)c1ccc(CN2C(=O)c3ccccc3C2=O)cc1. The van der Waals surface area contributed by atoms with E-state index in [0.717, 1.165) is 5.56 Å². The van der Waals surface area contributed by atoms with Gasteiger partial charge in [0.1, 0.15) is 0 Å². The first-order valence-corrected chi connectivity index (χ1v) is 10.4. The Balaban J connectivity index is 1.31. The Labute approximate surface area is 191 Å². The van der Waals surface area contributed by atoms with Gasteiger partial charge in [-0.2, -0.15) is 0 Å². The third-order valence-corrected chi connectivity index (χ3v) is 5.42. The van der Waals surface area contributed by atoms with Crippen LogP contribution in [0.1, 0.15) is 42.2 Å². The fourth-order valence-corrected chi connectivity index (χ4v) is 3.58. The Morgan fingerprint density at radius 1 is 0.788 bits per heavy atom. The van der Waals surface area contributed by atoms with E-state index in [1.165, 1.54) is 9.80 Å². The van der Waals surface area contributed by atoms with Crippen LogP contribution in [0.15, 0.2) is 78.9 Å². The molecule has 0 unspecified atom stereocenters. The minimum absolute atomic E-state index is 0.102. The van der Waals surface area contributed by atoms with Gasteiger partial charge in [0.2, 0.25) is 0 Å². The lowest BCUT2D eigenvalue weighted by Crippen LogP contribution is -2.30. The molecule has 0 N–H and O–H groups in total. The van der Waals surface area contributed by atoms with Crippen molar-refractivity contribution < 1.29 is 23.9 Å². The van der Waals surface area contributed by atoms with E-state index in [1.807, 2.05) is 30.3 Å². The van der Waals surface area contributed by atoms with Crippen LogP contribution in [0.2, 0.25) is 0 Å². The fraction of sp³-hybridized carbons (Fsp3) is 0.154. The van der Waals surface area contributed by atoms with Gasteiger partial charge in [0, 0.05) is 13.6 Å². The number of imide groups is 1. The second-order valence-electron chi connectivity index (χ2n) is 7.75. The number of hydrogen-bond acceptors (Lipinski definition) is 5. The van der Waals surface area contributed by atoms with Gasteiger partial charge in [0.15, 0.2) is 6.61 Å². The van der Waals surface area contributed by atoms with Crippen LogP contribution in [-0.4, -0.2) is 47.1 Å². The van der Waals surface area contributed by atoms with Gasteiger partial charge in [0.25, 0.3) is 17.7 Å². The zero-order valence-corrected chi connectivity index (χ0v) is 18.1. The van der Waals surface area contributed by atoms with Crippen LogP contribution in [0.4, 0.5) is 0 Å². The van der Waals surface area contributed by atoms with Crippen molar-refractivity contribution in [2.75, 3.05) is 13.7 Å². The number of ether oxygens (including phenoxy) is 1. The minimum atomic E-state index is -0.622. The molecule has 0 saturated heterocycles. The molecule has 3 aromatic rings. The van der Waals surface area contributed by atoms with Gasteiger partial charge in [0.05, 0.1) is 23.2 Å². The highest BCUT2D eigenvalue weighted by molar-refractivity contribution is 6.21. The number of amides is 3.